The second-order valence-corrected chi connectivity index (χ2v) is 3.88. The molecule has 0 saturated heterocycles. The van der Waals surface area contributed by atoms with E-state index >= 15 is 0 Å². The first-order valence-electron chi connectivity index (χ1n) is 5.23. The van der Waals surface area contributed by atoms with Crippen LogP contribution in [0.5, 0.6) is 0 Å². The number of rotatable bonds is 2. The fourth-order valence-electron chi connectivity index (χ4n) is 1.80. The Bertz CT molecular complexity index is 748. The molecule has 99 valence electrons. The molecule has 0 unspecified atom stereocenters. The van der Waals surface area contributed by atoms with E-state index < -0.39 is 4.92 Å². The molecule has 0 aliphatic rings. The van der Waals surface area contributed by atoms with Crippen molar-refractivity contribution < 1.29 is 25.0 Å². The number of benzene rings is 1. The maximum Gasteiger partial charge on any atom is 0.270 e. The fraction of sp³-hybridized carbons (Fsp3) is 0.0909. The molecule has 7 nitrogen and oxygen atoms in total. The summed E-state index contributed by atoms with van der Waals surface area (Å²) in [7, 11) is 1.80. The van der Waals surface area contributed by atoms with Gasteiger partial charge < -0.3 is 10.2 Å². The van der Waals surface area contributed by atoms with E-state index in [1.54, 1.807) is 30.1 Å². The zero-order valence-electron chi connectivity index (χ0n) is 9.77. The summed E-state index contributed by atoms with van der Waals surface area (Å²) in [5.41, 5.74) is 1.87. The fourth-order valence-corrected chi connectivity index (χ4v) is 1.80. The predicted octanol–water partition coefficient (Wildman–Crippen LogP) is 1.50. The van der Waals surface area contributed by atoms with E-state index in [-0.39, 0.29) is 25.8 Å². The molecule has 3 aromatic rings. The average molecular weight is 434 g/mol. The third kappa shape index (κ3) is 2.27. The van der Waals surface area contributed by atoms with Crippen molar-refractivity contribution in [2.45, 2.75) is 0 Å². The number of non-ortho nitro benzene ring substituents is 1. The zero-order valence-corrected chi connectivity index (χ0v) is 12.2. The van der Waals surface area contributed by atoms with Gasteiger partial charge in [0.2, 0.25) is 0 Å². The Kier molecular flexibility index (Phi) is 3.46. The van der Waals surface area contributed by atoms with Gasteiger partial charge in [0.15, 0.2) is 0 Å². The number of hydrogen-bond donors (Lipinski definition) is 0. The zero-order chi connectivity index (χ0) is 12.7. The van der Waals surface area contributed by atoms with Crippen LogP contribution in [0, 0.1) is 10.1 Å². The number of aromatic nitrogens is 4. The van der Waals surface area contributed by atoms with Gasteiger partial charge in [0.1, 0.15) is 5.69 Å². The summed E-state index contributed by atoms with van der Waals surface area (Å²) in [6.45, 7) is 0. The van der Waals surface area contributed by atoms with E-state index in [2.05, 4.69) is 15.3 Å². The Morgan fingerprint density at radius 1 is 1.37 bits per heavy atom. The third-order valence-electron chi connectivity index (χ3n) is 2.66. The van der Waals surface area contributed by atoms with Crippen molar-refractivity contribution in [3.8, 4) is 11.4 Å². The Morgan fingerprint density at radius 2 is 2.16 bits per heavy atom. The molecule has 0 aliphatic heterocycles. The van der Waals surface area contributed by atoms with Gasteiger partial charge in [0.25, 0.3) is 5.69 Å². The molecule has 0 atom stereocenters. The predicted molar refractivity (Wildman–Crippen MR) is 63.9 cm³/mol. The number of aryl methyl sites for hydroxylation is 1. The number of nitrogens with zero attached hydrogens (tertiary/aromatic N) is 5. The third-order valence-corrected chi connectivity index (χ3v) is 2.66. The molecule has 2 heterocycles. The number of hydrogen-bond acceptors (Lipinski definition) is 4. The first-order valence-corrected chi connectivity index (χ1v) is 5.23. The van der Waals surface area contributed by atoms with E-state index in [0.29, 0.717) is 22.3 Å². The molecule has 1 radical (unpaired) electrons. The van der Waals surface area contributed by atoms with Gasteiger partial charge in [-0.05, 0) is 11.5 Å². The second-order valence-electron chi connectivity index (χ2n) is 3.88. The molecule has 8 heteroatoms. The van der Waals surface area contributed by atoms with E-state index in [1.807, 2.05) is 0 Å². The maximum absolute atomic E-state index is 10.8. The monoisotopic (exact) mass is 435 g/mol. The number of nitro benzene ring substituents is 1. The van der Waals surface area contributed by atoms with Gasteiger partial charge in [-0.25, -0.2) is 0 Å². The number of fused-ring (bicyclic) bond motifs is 1. The second kappa shape index (κ2) is 4.91. The maximum atomic E-state index is 10.8. The molecule has 0 amide bonds. The molecule has 0 aliphatic carbocycles. The van der Waals surface area contributed by atoms with Crippen LogP contribution in [0.15, 0.2) is 30.5 Å². The minimum absolute atomic E-state index is 0. The van der Waals surface area contributed by atoms with Crippen LogP contribution in [-0.4, -0.2) is 19.8 Å². The van der Waals surface area contributed by atoms with Crippen LogP contribution < -0.4 is 5.10 Å². The Hall–Kier alpha value is -2.05. The van der Waals surface area contributed by atoms with Gasteiger partial charge in [-0.2, -0.15) is 5.10 Å². The molecule has 3 rings (SSSR count). The van der Waals surface area contributed by atoms with E-state index in [9.17, 15) is 10.1 Å². The Balaban J connectivity index is 0.00000133. The van der Waals surface area contributed by atoms with Crippen LogP contribution in [0.2, 0.25) is 0 Å². The van der Waals surface area contributed by atoms with Crippen LogP contribution in [0.4, 0.5) is 5.69 Å². The minimum atomic E-state index is -0.436. The van der Waals surface area contributed by atoms with Crippen molar-refractivity contribution in [3.63, 3.8) is 0 Å². The SMILES string of the molecule is Cn1ccc(-c2n[n-]c3ccc([N+](=O)[O-])cc23)n1.[Ir]. The molecule has 1 aromatic carbocycles. The van der Waals surface area contributed by atoms with Crippen molar-refractivity contribution in [3.05, 3.63) is 40.6 Å². The minimum Gasteiger partial charge on any atom is -0.574 e. The molecular weight excluding hydrogens is 426 g/mol. The standard InChI is InChI=1S/C11H8N5O2.Ir/c1-15-5-4-10(14-15)11-8-6-7(16(17)18)2-3-9(8)12-13-11;/h2-6H,1H3;/q-1;. The topological polar surface area (TPSA) is 88.0 Å². The smallest absolute Gasteiger partial charge is 0.270 e. The summed E-state index contributed by atoms with van der Waals surface area (Å²) >= 11 is 0. The average Bonchev–Trinajstić information content (AvgIpc) is 2.93. The normalized spacial score (nSPS) is 10.4. The molecule has 19 heavy (non-hydrogen) atoms. The summed E-state index contributed by atoms with van der Waals surface area (Å²) in [5, 5.41) is 23.6. The van der Waals surface area contributed by atoms with Crippen molar-refractivity contribution in [1.29, 1.82) is 0 Å². The molecule has 0 N–H and O–H groups in total. The first-order chi connectivity index (χ1) is 8.65. The van der Waals surface area contributed by atoms with Gasteiger partial charge in [-0.15, -0.1) is 5.52 Å². The molecule has 0 saturated carbocycles. The van der Waals surface area contributed by atoms with Crippen LogP contribution in [0.25, 0.3) is 22.3 Å². The van der Waals surface area contributed by atoms with Crippen LogP contribution >= 0.6 is 0 Å². The van der Waals surface area contributed by atoms with Gasteiger partial charge in [0.05, 0.1) is 10.6 Å². The van der Waals surface area contributed by atoms with Crippen molar-refractivity contribution in [2.75, 3.05) is 0 Å². The van der Waals surface area contributed by atoms with Crippen LogP contribution in [0.1, 0.15) is 0 Å². The summed E-state index contributed by atoms with van der Waals surface area (Å²) in [5.74, 6) is 0. The summed E-state index contributed by atoms with van der Waals surface area (Å²) in [4.78, 5) is 10.3. The Labute approximate surface area is 121 Å². The molecule has 0 bridgehead atoms. The van der Waals surface area contributed by atoms with Crippen LogP contribution in [0.3, 0.4) is 0 Å². The first kappa shape index (κ1) is 13.4. The van der Waals surface area contributed by atoms with E-state index in [0.717, 1.165) is 0 Å². The van der Waals surface area contributed by atoms with Crippen molar-refractivity contribution >= 4 is 16.6 Å². The van der Waals surface area contributed by atoms with Crippen molar-refractivity contribution in [1.82, 2.24) is 20.0 Å². The van der Waals surface area contributed by atoms with E-state index in [4.69, 9.17) is 0 Å². The van der Waals surface area contributed by atoms with Gasteiger partial charge in [0, 0.05) is 45.5 Å². The summed E-state index contributed by atoms with van der Waals surface area (Å²) in [6.07, 6.45) is 1.78. The summed E-state index contributed by atoms with van der Waals surface area (Å²) in [6, 6.07) is 6.27. The molecular formula is C11H8IrN5O2-. The van der Waals surface area contributed by atoms with Gasteiger partial charge >= 0.3 is 0 Å². The van der Waals surface area contributed by atoms with Crippen molar-refractivity contribution in [2.24, 2.45) is 7.05 Å². The Morgan fingerprint density at radius 3 is 2.79 bits per heavy atom. The van der Waals surface area contributed by atoms with Gasteiger partial charge in [-0.3, -0.25) is 14.8 Å². The molecule has 0 fully saturated rings. The molecule has 0 spiro atoms. The number of nitro groups is 1. The quantitative estimate of drug-likeness (QED) is 0.451. The molecule has 2 aromatic heterocycles. The van der Waals surface area contributed by atoms with E-state index in [1.165, 1.54) is 12.1 Å². The largest absolute Gasteiger partial charge is 0.574 e. The van der Waals surface area contributed by atoms with Crippen LogP contribution in [-0.2, 0) is 27.2 Å². The van der Waals surface area contributed by atoms with Gasteiger partial charge in [-0.1, -0.05) is 6.07 Å². The summed E-state index contributed by atoms with van der Waals surface area (Å²) < 4.78 is 1.65.